The molecule has 0 spiro atoms. The van der Waals surface area contributed by atoms with Crippen molar-refractivity contribution in [2.45, 2.75) is 13.8 Å². The molecule has 2 N–H and O–H groups in total. The van der Waals surface area contributed by atoms with Crippen molar-refractivity contribution >= 4 is 17.6 Å². The number of phenols is 2. The molecule has 8 heteroatoms. The fourth-order valence-electron chi connectivity index (χ4n) is 2.58. The van der Waals surface area contributed by atoms with Crippen molar-refractivity contribution in [2.24, 2.45) is 17.1 Å². The SMILES string of the molecule is CN=c1scc(-c2ccc(O)cc2O)n1/N=C\c1c(C)nn(C)c1C. The minimum Gasteiger partial charge on any atom is -0.508 e. The zero-order valence-electron chi connectivity index (χ0n) is 14.4. The van der Waals surface area contributed by atoms with Crippen molar-refractivity contribution in [3.8, 4) is 22.8 Å². The first kappa shape index (κ1) is 17.0. The lowest BCUT2D eigenvalue weighted by molar-refractivity contribution is 0.451. The van der Waals surface area contributed by atoms with Gasteiger partial charge in [0.05, 0.1) is 17.6 Å². The summed E-state index contributed by atoms with van der Waals surface area (Å²) >= 11 is 1.42. The summed E-state index contributed by atoms with van der Waals surface area (Å²) in [4.78, 5) is 4.93. The number of thiazole rings is 1. The predicted octanol–water partition coefficient (Wildman–Crippen LogP) is 2.39. The molecule has 3 rings (SSSR count). The average Bonchev–Trinajstić information content (AvgIpc) is 3.07. The van der Waals surface area contributed by atoms with E-state index in [2.05, 4.69) is 15.2 Å². The molecule has 2 aromatic heterocycles. The highest BCUT2D eigenvalue weighted by Gasteiger charge is 2.13. The molecule has 0 fully saturated rings. The third kappa shape index (κ3) is 3.08. The van der Waals surface area contributed by atoms with Gasteiger partial charge in [-0.05, 0) is 26.0 Å². The summed E-state index contributed by atoms with van der Waals surface area (Å²) < 4.78 is 3.48. The molecule has 0 aliphatic rings. The van der Waals surface area contributed by atoms with E-state index in [1.807, 2.05) is 31.0 Å². The Kier molecular flexibility index (Phi) is 4.45. The summed E-state index contributed by atoms with van der Waals surface area (Å²) in [5.41, 5.74) is 4.12. The number of rotatable bonds is 3. The Hall–Kier alpha value is -2.87. The number of nitrogens with zero attached hydrogens (tertiary/aromatic N) is 5. The lowest BCUT2D eigenvalue weighted by Gasteiger charge is -2.06. The van der Waals surface area contributed by atoms with Crippen molar-refractivity contribution in [3.63, 3.8) is 0 Å². The molecule has 0 saturated carbocycles. The van der Waals surface area contributed by atoms with Crippen LogP contribution in [-0.4, -0.2) is 37.9 Å². The monoisotopic (exact) mass is 357 g/mol. The maximum Gasteiger partial charge on any atom is 0.205 e. The summed E-state index contributed by atoms with van der Waals surface area (Å²) in [6, 6.07) is 4.48. The van der Waals surface area contributed by atoms with Crippen molar-refractivity contribution < 1.29 is 10.2 Å². The quantitative estimate of drug-likeness (QED) is 0.706. The Morgan fingerprint density at radius 1 is 1.24 bits per heavy atom. The van der Waals surface area contributed by atoms with Crippen LogP contribution in [0.5, 0.6) is 11.5 Å². The number of benzene rings is 1. The van der Waals surface area contributed by atoms with Crippen LogP contribution in [0.4, 0.5) is 0 Å². The van der Waals surface area contributed by atoms with Gasteiger partial charge in [0, 0.05) is 42.4 Å². The Morgan fingerprint density at radius 3 is 2.60 bits per heavy atom. The van der Waals surface area contributed by atoms with Crippen LogP contribution in [0.25, 0.3) is 11.3 Å². The summed E-state index contributed by atoms with van der Waals surface area (Å²) in [6.45, 7) is 3.92. The van der Waals surface area contributed by atoms with Crippen molar-refractivity contribution in [1.29, 1.82) is 0 Å². The predicted molar refractivity (Wildman–Crippen MR) is 98.2 cm³/mol. The second kappa shape index (κ2) is 6.56. The minimum absolute atomic E-state index is 0.00791. The van der Waals surface area contributed by atoms with Gasteiger partial charge in [0.1, 0.15) is 11.5 Å². The second-order valence-corrected chi connectivity index (χ2v) is 6.43. The number of aryl methyl sites for hydroxylation is 2. The third-order valence-corrected chi connectivity index (χ3v) is 4.91. The molecule has 0 atom stereocenters. The van der Waals surface area contributed by atoms with E-state index in [1.165, 1.54) is 23.5 Å². The van der Waals surface area contributed by atoms with Crippen LogP contribution in [0, 0.1) is 13.8 Å². The molecule has 0 aliphatic carbocycles. The van der Waals surface area contributed by atoms with Crippen LogP contribution in [0.1, 0.15) is 17.0 Å². The Labute approximate surface area is 148 Å². The Morgan fingerprint density at radius 2 is 2.00 bits per heavy atom. The van der Waals surface area contributed by atoms with E-state index >= 15 is 0 Å². The largest absolute Gasteiger partial charge is 0.508 e. The molecule has 130 valence electrons. The van der Waals surface area contributed by atoms with E-state index in [1.54, 1.807) is 24.0 Å². The van der Waals surface area contributed by atoms with Gasteiger partial charge < -0.3 is 10.2 Å². The Balaban J connectivity index is 2.13. The van der Waals surface area contributed by atoms with E-state index in [9.17, 15) is 10.2 Å². The number of aromatic hydroxyl groups is 2. The molecule has 1 aromatic carbocycles. The lowest BCUT2D eigenvalue weighted by atomic mass is 10.1. The van der Waals surface area contributed by atoms with E-state index in [0.29, 0.717) is 16.1 Å². The van der Waals surface area contributed by atoms with Gasteiger partial charge in [-0.2, -0.15) is 10.2 Å². The molecule has 0 radical (unpaired) electrons. The van der Waals surface area contributed by atoms with E-state index in [-0.39, 0.29) is 11.5 Å². The number of hydrogen-bond acceptors (Lipinski definition) is 6. The van der Waals surface area contributed by atoms with E-state index in [4.69, 9.17) is 0 Å². The van der Waals surface area contributed by atoms with Gasteiger partial charge in [-0.1, -0.05) is 0 Å². The van der Waals surface area contributed by atoms with Crippen LogP contribution in [-0.2, 0) is 7.05 Å². The van der Waals surface area contributed by atoms with Gasteiger partial charge in [-0.3, -0.25) is 9.67 Å². The summed E-state index contributed by atoms with van der Waals surface area (Å²) in [5.74, 6) is -0.00770. The van der Waals surface area contributed by atoms with Gasteiger partial charge in [0.25, 0.3) is 0 Å². The first-order valence-corrected chi connectivity index (χ1v) is 8.50. The van der Waals surface area contributed by atoms with Gasteiger partial charge in [-0.25, -0.2) is 4.68 Å². The highest BCUT2D eigenvalue weighted by molar-refractivity contribution is 7.07. The topological polar surface area (TPSA) is 87.9 Å². The summed E-state index contributed by atoms with van der Waals surface area (Å²) in [6.07, 6.45) is 1.75. The number of phenolic OH excluding ortho intramolecular Hbond substituents is 2. The fraction of sp³-hybridized carbons (Fsp3) is 0.235. The van der Waals surface area contributed by atoms with Crippen LogP contribution in [0.3, 0.4) is 0 Å². The van der Waals surface area contributed by atoms with Gasteiger partial charge in [-0.15, -0.1) is 11.3 Å². The van der Waals surface area contributed by atoms with Crippen LogP contribution >= 0.6 is 11.3 Å². The van der Waals surface area contributed by atoms with Crippen molar-refractivity contribution in [2.75, 3.05) is 7.05 Å². The molecule has 7 nitrogen and oxygen atoms in total. The zero-order chi connectivity index (χ0) is 18.1. The number of aromatic nitrogens is 3. The standard InChI is InChI=1S/C17H19N5O2S/c1-10-14(11(2)21(4)20-10)8-19-22-15(9-25-17(22)18-3)13-6-5-12(23)7-16(13)24/h5-9,23-24H,1-4H3/b18-17?,19-8-. The van der Waals surface area contributed by atoms with Gasteiger partial charge in [0.2, 0.25) is 4.80 Å². The lowest BCUT2D eigenvalue weighted by Crippen LogP contribution is -2.11. The molecular formula is C17H19N5O2S. The Bertz CT molecular complexity index is 1030. The molecule has 0 amide bonds. The van der Waals surface area contributed by atoms with Crippen molar-refractivity contribution in [1.82, 2.24) is 14.5 Å². The molecule has 0 unspecified atom stereocenters. The molecule has 0 aliphatic heterocycles. The van der Waals surface area contributed by atoms with Gasteiger partial charge >= 0.3 is 0 Å². The maximum atomic E-state index is 10.2. The third-order valence-electron chi connectivity index (χ3n) is 4.00. The average molecular weight is 357 g/mol. The van der Waals surface area contributed by atoms with E-state index < -0.39 is 0 Å². The summed E-state index contributed by atoms with van der Waals surface area (Å²) in [5, 5.41) is 30.5. The molecule has 3 aromatic rings. The second-order valence-electron chi connectivity index (χ2n) is 5.59. The first-order valence-electron chi connectivity index (χ1n) is 7.62. The molecule has 25 heavy (non-hydrogen) atoms. The fourth-order valence-corrected chi connectivity index (χ4v) is 3.37. The molecule has 2 heterocycles. The normalized spacial score (nSPS) is 12.4. The highest BCUT2D eigenvalue weighted by Crippen LogP contribution is 2.32. The first-order chi connectivity index (χ1) is 11.9. The van der Waals surface area contributed by atoms with Crippen LogP contribution in [0.2, 0.25) is 0 Å². The highest BCUT2D eigenvalue weighted by atomic mass is 32.1. The molecular weight excluding hydrogens is 338 g/mol. The summed E-state index contributed by atoms with van der Waals surface area (Å²) in [7, 11) is 3.59. The van der Waals surface area contributed by atoms with Crippen LogP contribution < -0.4 is 4.80 Å². The minimum atomic E-state index is -0.0156. The number of hydrogen-bond donors (Lipinski definition) is 2. The molecule has 0 bridgehead atoms. The smallest absolute Gasteiger partial charge is 0.205 e. The van der Waals surface area contributed by atoms with E-state index in [0.717, 1.165) is 17.0 Å². The zero-order valence-corrected chi connectivity index (χ0v) is 15.2. The van der Waals surface area contributed by atoms with Crippen molar-refractivity contribution in [3.05, 3.63) is 45.3 Å². The molecule has 0 saturated heterocycles. The van der Waals surface area contributed by atoms with Crippen LogP contribution in [0.15, 0.2) is 33.7 Å². The maximum absolute atomic E-state index is 10.2. The van der Waals surface area contributed by atoms with Gasteiger partial charge in [0.15, 0.2) is 0 Å².